The van der Waals surface area contributed by atoms with E-state index in [4.69, 9.17) is 5.73 Å². The number of aromatic nitrogens is 3. The van der Waals surface area contributed by atoms with E-state index in [2.05, 4.69) is 46.1 Å². The summed E-state index contributed by atoms with van der Waals surface area (Å²) in [6, 6.07) is 0. The van der Waals surface area contributed by atoms with Gasteiger partial charge < -0.3 is 16.0 Å². The van der Waals surface area contributed by atoms with Crippen LogP contribution in [0.3, 0.4) is 0 Å². The van der Waals surface area contributed by atoms with Crippen LogP contribution in [0.2, 0.25) is 0 Å². The number of nitrogens with two attached hydrogens (primary N) is 1. The maximum Gasteiger partial charge on any atom is 0.191 e. The average Bonchev–Trinajstić information content (AvgIpc) is 2.91. The molecule has 2 heterocycles. The second kappa shape index (κ2) is 9.24. The molecule has 2 aromatic heterocycles. The topological polar surface area (TPSA) is 80.0 Å². The molecule has 128 valence electrons. The van der Waals surface area contributed by atoms with Gasteiger partial charge in [-0.05, 0) is 20.0 Å². The van der Waals surface area contributed by atoms with Crippen molar-refractivity contribution in [2.24, 2.45) is 0 Å². The number of unbranched alkanes of at least 4 members (excludes halogenated alkanes) is 2. The molecule has 0 aliphatic carbocycles. The van der Waals surface area contributed by atoms with Crippen molar-refractivity contribution >= 4 is 44.4 Å². The Morgan fingerprint density at radius 3 is 2.78 bits per heavy atom. The molecule has 0 radical (unpaired) electrons. The SMILES string of the molecule is CCCCCSc1nc(NCCN(C)CC)c2sc(N)nc2n1. The van der Waals surface area contributed by atoms with Crippen molar-refractivity contribution in [1.29, 1.82) is 0 Å². The minimum absolute atomic E-state index is 0.538. The Morgan fingerprint density at radius 1 is 1.22 bits per heavy atom. The predicted molar refractivity (Wildman–Crippen MR) is 102 cm³/mol. The standard InChI is InChI=1S/C15H26N6S2/c1-4-6-7-10-22-15-19-12(17-8-9-21(3)5-2)11-13(20-15)18-14(16)23-11/h4-10H2,1-3H3,(H3,16,17,18,19,20). The number of thioether (sulfide) groups is 1. The van der Waals surface area contributed by atoms with Crippen LogP contribution < -0.4 is 11.1 Å². The molecule has 0 aliphatic rings. The largest absolute Gasteiger partial charge is 0.375 e. The fourth-order valence-corrected chi connectivity index (χ4v) is 3.62. The first-order chi connectivity index (χ1) is 11.1. The molecule has 0 atom stereocenters. The van der Waals surface area contributed by atoms with Crippen molar-refractivity contribution in [1.82, 2.24) is 19.9 Å². The van der Waals surface area contributed by atoms with E-state index in [9.17, 15) is 0 Å². The van der Waals surface area contributed by atoms with E-state index < -0.39 is 0 Å². The monoisotopic (exact) mass is 354 g/mol. The fraction of sp³-hybridized carbons (Fsp3) is 0.667. The smallest absolute Gasteiger partial charge is 0.191 e. The lowest BCUT2D eigenvalue weighted by atomic mass is 10.3. The van der Waals surface area contributed by atoms with E-state index in [0.717, 1.165) is 41.1 Å². The van der Waals surface area contributed by atoms with Gasteiger partial charge in [0.15, 0.2) is 21.8 Å². The van der Waals surface area contributed by atoms with E-state index in [-0.39, 0.29) is 0 Å². The van der Waals surface area contributed by atoms with Crippen LogP contribution >= 0.6 is 23.1 Å². The quantitative estimate of drug-likeness (QED) is 0.385. The lowest BCUT2D eigenvalue weighted by Crippen LogP contribution is -2.25. The summed E-state index contributed by atoms with van der Waals surface area (Å²) >= 11 is 3.13. The third kappa shape index (κ3) is 5.47. The van der Waals surface area contributed by atoms with Crippen LogP contribution in [0, 0.1) is 0 Å². The average molecular weight is 355 g/mol. The van der Waals surface area contributed by atoms with E-state index >= 15 is 0 Å². The lowest BCUT2D eigenvalue weighted by molar-refractivity contribution is 0.367. The molecule has 0 unspecified atom stereocenters. The number of hydrogen-bond acceptors (Lipinski definition) is 8. The minimum atomic E-state index is 0.538. The minimum Gasteiger partial charge on any atom is -0.375 e. The molecule has 2 rings (SSSR count). The van der Waals surface area contributed by atoms with Gasteiger partial charge in [-0.1, -0.05) is 49.8 Å². The molecule has 0 spiro atoms. The zero-order chi connectivity index (χ0) is 16.7. The molecule has 0 aliphatic heterocycles. The van der Waals surface area contributed by atoms with Crippen LogP contribution in [0.15, 0.2) is 5.16 Å². The number of nitrogen functional groups attached to an aromatic ring is 1. The van der Waals surface area contributed by atoms with Crippen molar-refractivity contribution in [2.75, 3.05) is 43.5 Å². The Bertz CT molecular complexity index is 615. The number of hydrogen-bond donors (Lipinski definition) is 2. The van der Waals surface area contributed by atoms with Crippen LogP contribution in [-0.2, 0) is 0 Å². The molecule has 2 aromatic rings. The number of nitrogens with zero attached hydrogens (tertiary/aromatic N) is 4. The number of likely N-dealkylation sites (N-methyl/N-ethyl adjacent to an activating group) is 1. The second-order valence-electron chi connectivity index (χ2n) is 5.44. The Labute approximate surface area is 146 Å². The number of thiazole rings is 1. The summed E-state index contributed by atoms with van der Waals surface area (Å²) in [5.41, 5.74) is 6.55. The van der Waals surface area contributed by atoms with Crippen LogP contribution in [0.1, 0.15) is 33.1 Å². The highest BCUT2D eigenvalue weighted by atomic mass is 32.2. The third-order valence-electron chi connectivity index (χ3n) is 3.55. The Kier molecular flexibility index (Phi) is 7.32. The maximum atomic E-state index is 5.84. The Balaban J connectivity index is 2.09. The first-order valence-corrected chi connectivity index (χ1v) is 9.93. The molecular formula is C15H26N6S2. The van der Waals surface area contributed by atoms with Crippen molar-refractivity contribution in [2.45, 2.75) is 38.3 Å². The zero-order valence-corrected chi connectivity index (χ0v) is 15.8. The maximum absolute atomic E-state index is 5.84. The highest BCUT2D eigenvalue weighted by Gasteiger charge is 2.12. The summed E-state index contributed by atoms with van der Waals surface area (Å²) in [6.07, 6.45) is 3.65. The fourth-order valence-electron chi connectivity index (χ4n) is 2.04. The number of rotatable bonds is 10. The van der Waals surface area contributed by atoms with E-state index in [0.29, 0.717) is 10.8 Å². The first kappa shape index (κ1) is 18.2. The summed E-state index contributed by atoms with van der Waals surface area (Å²) in [4.78, 5) is 15.8. The summed E-state index contributed by atoms with van der Waals surface area (Å²) in [5.74, 6) is 1.89. The van der Waals surface area contributed by atoms with Crippen LogP contribution in [0.5, 0.6) is 0 Å². The van der Waals surface area contributed by atoms with E-state index in [1.165, 1.54) is 30.6 Å². The molecule has 8 heteroatoms. The summed E-state index contributed by atoms with van der Waals surface area (Å²) in [6.45, 7) is 7.20. The van der Waals surface area contributed by atoms with Crippen molar-refractivity contribution in [3.63, 3.8) is 0 Å². The van der Waals surface area contributed by atoms with Gasteiger partial charge >= 0.3 is 0 Å². The molecule has 0 saturated heterocycles. The third-order valence-corrected chi connectivity index (χ3v) is 5.37. The van der Waals surface area contributed by atoms with Gasteiger partial charge in [0.05, 0.1) is 0 Å². The first-order valence-electron chi connectivity index (χ1n) is 8.13. The van der Waals surface area contributed by atoms with Crippen molar-refractivity contribution in [3.8, 4) is 0 Å². The molecule has 0 fully saturated rings. The van der Waals surface area contributed by atoms with Gasteiger partial charge in [0.2, 0.25) is 0 Å². The van der Waals surface area contributed by atoms with E-state index in [1.54, 1.807) is 11.8 Å². The Morgan fingerprint density at radius 2 is 2.04 bits per heavy atom. The predicted octanol–water partition coefficient (Wildman–Crippen LogP) is 3.31. The van der Waals surface area contributed by atoms with Gasteiger partial charge in [-0.2, -0.15) is 0 Å². The molecular weight excluding hydrogens is 328 g/mol. The zero-order valence-electron chi connectivity index (χ0n) is 14.1. The molecule has 0 saturated carbocycles. The van der Waals surface area contributed by atoms with Gasteiger partial charge in [-0.3, -0.25) is 0 Å². The molecule has 3 N–H and O–H groups in total. The Hall–Kier alpha value is -1.12. The van der Waals surface area contributed by atoms with E-state index in [1.807, 2.05) is 0 Å². The molecule has 0 bridgehead atoms. The normalized spacial score (nSPS) is 11.5. The highest BCUT2D eigenvalue weighted by molar-refractivity contribution is 7.99. The van der Waals surface area contributed by atoms with Gasteiger partial charge in [-0.25, -0.2) is 15.0 Å². The summed E-state index contributed by atoms with van der Waals surface area (Å²) in [5, 5.41) is 4.74. The van der Waals surface area contributed by atoms with Gasteiger partial charge in [-0.15, -0.1) is 0 Å². The summed E-state index contributed by atoms with van der Waals surface area (Å²) in [7, 11) is 2.11. The molecule has 23 heavy (non-hydrogen) atoms. The van der Waals surface area contributed by atoms with Crippen LogP contribution in [-0.4, -0.2) is 52.3 Å². The van der Waals surface area contributed by atoms with Crippen molar-refractivity contribution < 1.29 is 0 Å². The molecule has 6 nitrogen and oxygen atoms in total. The number of nitrogens with one attached hydrogen (secondary N) is 1. The van der Waals surface area contributed by atoms with Crippen LogP contribution in [0.25, 0.3) is 10.3 Å². The van der Waals surface area contributed by atoms with Gasteiger partial charge in [0.1, 0.15) is 4.70 Å². The van der Waals surface area contributed by atoms with Gasteiger partial charge in [0, 0.05) is 18.8 Å². The van der Waals surface area contributed by atoms with Crippen molar-refractivity contribution in [3.05, 3.63) is 0 Å². The van der Waals surface area contributed by atoms with Gasteiger partial charge in [0.25, 0.3) is 0 Å². The lowest BCUT2D eigenvalue weighted by Gasteiger charge is -2.14. The van der Waals surface area contributed by atoms with Crippen LogP contribution in [0.4, 0.5) is 10.9 Å². The second-order valence-corrected chi connectivity index (χ2v) is 7.53. The highest BCUT2D eigenvalue weighted by Crippen LogP contribution is 2.30. The summed E-state index contributed by atoms with van der Waals surface area (Å²) < 4.78 is 0.944. The number of anilines is 2. The number of fused-ring (bicyclic) bond motifs is 1. The molecule has 0 aromatic carbocycles. The molecule has 0 amide bonds.